The molecule has 27 heavy (non-hydrogen) atoms. The fourth-order valence-electron chi connectivity index (χ4n) is 5.07. The normalized spacial score (nSPS) is 49.2. The molecule has 3 aliphatic rings. The van der Waals surface area contributed by atoms with Gasteiger partial charge in [0.25, 0.3) is 0 Å². The van der Waals surface area contributed by atoms with Crippen LogP contribution in [0.5, 0.6) is 0 Å². The summed E-state index contributed by atoms with van der Waals surface area (Å²) in [6.07, 6.45) is -3.24. The third-order valence-electron chi connectivity index (χ3n) is 6.50. The van der Waals surface area contributed by atoms with Crippen LogP contribution >= 0.6 is 0 Å². The molecule has 3 rings (SSSR count). The van der Waals surface area contributed by atoms with Gasteiger partial charge < -0.3 is 34.3 Å². The van der Waals surface area contributed by atoms with Crippen molar-refractivity contribution in [1.82, 2.24) is 0 Å². The number of methoxy groups -OCH3 is 3. The minimum absolute atomic E-state index is 0. The van der Waals surface area contributed by atoms with Gasteiger partial charge in [0.1, 0.15) is 6.10 Å². The van der Waals surface area contributed by atoms with Gasteiger partial charge in [-0.2, -0.15) is 0 Å². The maximum Gasteiger partial charge on any atom is 0.341 e. The van der Waals surface area contributed by atoms with Gasteiger partial charge in [-0.3, -0.25) is 0 Å². The molecular formula is C18H28AcO8. The number of fused-ring (bicyclic) bond motifs is 3. The van der Waals surface area contributed by atoms with Gasteiger partial charge >= 0.3 is 5.97 Å². The number of aliphatic hydroxyl groups is 3. The molecule has 0 aromatic rings. The number of rotatable bonds is 3. The van der Waals surface area contributed by atoms with Gasteiger partial charge in [0.05, 0.1) is 17.8 Å². The first-order valence-corrected chi connectivity index (χ1v) is 8.66. The van der Waals surface area contributed by atoms with Crippen LogP contribution in [0.1, 0.15) is 27.2 Å². The molecule has 3 N–H and O–H groups in total. The number of esters is 1. The van der Waals surface area contributed by atoms with Crippen molar-refractivity contribution in [3.05, 3.63) is 11.1 Å². The van der Waals surface area contributed by atoms with Crippen LogP contribution < -0.4 is 0 Å². The summed E-state index contributed by atoms with van der Waals surface area (Å²) in [5, 5.41) is 33.6. The van der Waals surface area contributed by atoms with Crippen molar-refractivity contribution in [3.63, 3.8) is 0 Å². The van der Waals surface area contributed by atoms with Gasteiger partial charge in [-0.15, -0.1) is 0 Å². The average Bonchev–Trinajstić information content (AvgIpc) is 2.93. The molecule has 1 radical (unpaired) electrons. The molecule has 1 aliphatic heterocycles. The number of hydrogen-bond acceptors (Lipinski definition) is 8. The molecule has 0 bridgehead atoms. The second-order valence-electron chi connectivity index (χ2n) is 7.94. The van der Waals surface area contributed by atoms with Crippen LogP contribution in [0.3, 0.4) is 0 Å². The largest absolute Gasteiger partial charge is 0.452 e. The Hall–Kier alpha value is 0.412. The SMILES string of the molecule is COC1C(C)=C2C(C1OC)C(C)(O)CC(OC)C1(O)C2OC(=O)C1(C)O.[Ac]. The van der Waals surface area contributed by atoms with E-state index in [1.54, 1.807) is 13.8 Å². The van der Waals surface area contributed by atoms with Gasteiger partial charge in [0.2, 0.25) is 0 Å². The molecule has 8 unspecified atom stereocenters. The molecule has 8 nitrogen and oxygen atoms in total. The fraction of sp³-hybridized carbons (Fsp3) is 0.833. The number of carbonyl (C=O) groups is 1. The van der Waals surface area contributed by atoms with Crippen LogP contribution in [0.2, 0.25) is 0 Å². The quantitative estimate of drug-likeness (QED) is 0.295. The van der Waals surface area contributed by atoms with Crippen molar-refractivity contribution in [2.24, 2.45) is 5.92 Å². The van der Waals surface area contributed by atoms with Gasteiger partial charge in [-0.1, -0.05) is 0 Å². The van der Waals surface area contributed by atoms with Crippen LogP contribution in [0, 0.1) is 50.0 Å². The molecule has 8 atom stereocenters. The van der Waals surface area contributed by atoms with Crippen LogP contribution in [0.4, 0.5) is 0 Å². The van der Waals surface area contributed by atoms with E-state index >= 15 is 0 Å². The third kappa shape index (κ3) is 3.00. The molecule has 0 aromatic heterocycles. The summed E-state index contributed by atoms with van der Waals surface area (Å²) in [4.78, 5) is 12.4. The Bertz CT molecular complexity index is 645. The van der Waals surface area contributed by atoms with Crippen molar-refractivity contribution in [1.29, 1.82) is 0 Å². The Morgan fingerprint density at radius 1 is 1.07 bits per heavy atom. The van der Waals surface area contributed by atoms with E-state index in [1.165, 1.54) is 28.3 Å². The summed E-state index contributed by atoms with van der Waals surface area (Å²) < 4.78 is 22.1. The number of carbonyl (C=O) groups excluding carboxylic acids is 1. The molecule has 0 aromatic carbocycles. The summed E-state index contributed by atoms with van der Waals surface area (Å²) in [6.45, 7) is 4.63. The summed E-state index contributed by atoms with van der Waals surface area (Å²) in [5.74, 6) is -1.53. The van der Waals surface area contributed by atoms with Crippen molar-refractivity contribution in [3.8, 4) is 0 Å². The molecule has 2 aliphatic carbocycles. The van der Waals surface area contributed by atoms with E-state index in [1.807, 2.05) is 0 Å². The zero-order valence-electron chi connectivity index (χ0n) is 16.6. The fourth-order valence-corrected chi connectivity index (χ4v) is 5.07. The van der Waals surface area contributed by atoms with Gasteiger partial charge in [-0.05, 0) is 31.9 Å². The Kier molecular flexibility index (Phi) is 6.66. The summed E-state index contributed by atoms with van der Waals surface area (Å²) in [6, 6.07) is 0. The number of hydrogen-bond donors (Lipinski definition) is 3. The smallest absolute Gasteiger partial charge is 0.341 e. The monoisotopic (exact) mass is 599 g/mol. The van der Waals surface area contributed by atoms with E-state index in [0.29, 0.717) is 11.1 Å². The Morgan fingerprint density at radius 3 is 2.15 bits per heavy atom. The van der Waals surface area contributed by atoms with Crippen LogP contribution in [-0.4, -0.2) is 83.8 Å². The van der Waals surface area contributed by atoms with Crippen molar-refractivity contribution >= 4 is 5.97 Å². The van der Waals surface area contributed by atoms with Crippen LogP contribution in [-0.2, 0) is 23.7 Å². The van der Waals surface area contributed by atoms with E-state index in [9.17, 15) is 20.1 Å². The van der Waals surface area contributed by atoms with Crippen LogP contribution in [0.15, 0.2) is 11.1 Å². The molecule has 2 fully saturated rings. The van der Waals surface area contributed by atoms with E-state index in [0.717, 1.165) is 0 Å². The first-order valence-electron chi connectivity index (χ1n) is 8.66. The summed E-state index contributed by atoms with van der Waals surface area (Å²) >= 11 is 0. The molecule has 1 saturated heterocycles. The molecule has 1 heterocycles. The Morgan fingerprint density at radius 2 is 1.67 bits per heavy atom. The number of ether oxygens (including phenoxy) is 4. The minimum Gasteiger partial charge on any atom is -0.452 e. The van der Waals surface area contributed by atoms with E-state index < -0.39 is 53.1 Å². The second-order valence-corrected chi connectivity index (χ2v) is 7.94. The topological polar surface area (TPSA) is 115 Å². The summed E-state index contributed by atoms with van der Waals surface area (Å²) in [7, 11) is 4.41. The van der Waals surface area contributed by atoms with Gasteiger partial charge in [0, 0.05) is 77.7 Å². The zero-order chi connectivity index (χ0) is 19.7. The maximum absolute atomic E-state index is 12.4. The van der Waals surface area contributed by atoms with Crippen molar-refractivity contribution in [2.45, 2.75) is 68.4 Å². The minimum atomic E-state index is -2.19. The molecule has 1 saturated carbocycles. The first-order chi connectivity index (χ1) is 12.0. The second kappa shape index (κ2) is 7.59. The van der Waals surface area contributed by atoms with Crippen LogP contribution in [0.25, 0.3) is 0 Å². The summed E-state index contributed by atoms with van der Waals surface area (Å²) in [5.41, 5.74) is -4.38. The standard InChI is InChI=1S/C18H28O8.Ac/c1-8-10-11(13(25-6)12(8)24-5)16(2,20)7-9(23-4)18(22)14(10)26-15(19)17(18,3)21;/h9,11-14,20-22H,7H2,1-6H3;. The molecule has 0 amide bonds. The molecule has 151 valence electrons. The Labute approximate surface area is 194 Å². The van der Waals surface area contributed by atoms with Crippen molar-refractivity contribution < 1.29 is 83.1 Å². The maximum atomic E-state index is 12.4. The van der Waals surface area contributed by atoms with Crippen molar-refractivity contribution in [2.75, 3.05) is 21.3 Å². The Balaban J connectivity index is 0.00000261. The predicted octanol–water partition coefficient (Wildman–Crippen LogP) is -0.460. The zero-order valence-corrected chi connectivity index (χ0v) is 21.3. The van der Waals surface area contributed by atoms with Gasteiger partial charge in [-0.25, -0.2) is 4.79 Å². The van der Waals surface area contributed by atoms with E-state index in [4.69, 9.17) is 18.9 Å². The average molecular weight is 599 g/mol. The third-order valence-corrected chi connectivity index (χ3v) is 6.50. The van der Waals surface area contributed by atoms with E-state index in [2.05, 4.69) is 0 Å². The first kappa shape index (κ1) is 23.7. The molecule has 9 heteroatoms. The predicted molar refractivity (Wildman–Crippen MR) is 89.3 cm³/mol. The van der Waals surface area contributed by atoms with E-state index in [-0.39, 0.29) is 50.5 Å². The van der Waals surface area contributed by atoms with Gasteiger partial charge in [0.15, 0.2) is 17.3 Å². The molecule has 0 spiro atoms. The molecular weight excluding hydrogens is 571 g/mol.